The maximum absolute atomic E-state index is 12.6. The number of rotatable bonds is 5. The standard InChI is InChI=1S/C13H23N5O2S/c1-3-10-4-6-11(7-5-10)18(2)21(19,20)12-8-15-13(17-14)16-9-12/h8-11H,3-7,14H2,1-2H3,(H,15,16,17). The van der Waals surface area contributed by atoms with Crippen molar-refractivity contribution in [3.8, 4) is 0 Å². The Kier molecular flexibility index (Phi) is 5.13. The number of nitrogens with zero attached hydrogens (tertiary/aromatic N) is 3. The highest BCUT2D eigenvalue weighted by Gasteiger charge is 2.31. The summed E-state index contributed by atoms with van der Waals surface area (Å²) in [6.07, 6.45) is 7.75. The molecule has 0 spiro atoms. The summed E-state index contributed by atoms with van der Waals surface area (Å²) in [6, 6.07) is 0.0603. The SMILES string of the molecule is CCC1CCC(N(C)S(=O)(=O)c2cnc(NN)nc2)CC1. The fourth-order valence-corrected chi connectivity index (χ4v) is 4.11. The van der Waals surface area contributed by atoms with Crippen LogP contribution in [0, 0.1) is 5.92 Å². The molecule has 1 aromatic heterocycles. The summed E-state index contributed by atoms with van der Waals surface area (Å²) in [6.45, 7) is 2.19. The van der Waals surface area contributed by atoms with Gasteiger partial charge in [-0.1, -0.05) is 13.3 Å². The van der Waals surface area contributed by atoms with Crippen molar-refractivity contribution in [2.24, 2.45) is 11.8 Å². The van der Waals surface area contributed by atoms with Gasteiger partial charge in [-0.05, 0) is 31.6 Å². The number of nitrogens with one attached hydrogen (secondary N) is 1. The molecule has 0 atom stereocenters. The van der Waals surface area contributed by atoms with Gasteiger partial charge >= 0.3 is 0 Å². The lowest BCUT2D eigenvalue weighted by atomic mass is 9.85. The predicted molar refractivity (Wildman–Crippen MR) is 80.8 cm³/mol. The molecular weight excluding hydrogens is 290 g/mol. The van der Waals surface area contributed by atoms with Crippen LogP contribution in [0.5, 0.6) is 0 Å². The van der Waals surface area contributed by atoms with Crippen LogP contribution in [0.4, 0.5) is 5.95 Å². The summed E-state index contributed by atoms with van der Waals surface area (Å²) in [5, 5.41) is 0. The molecule has 0 bridgehead atoms. The number of anilines is 1. The molecule has 1 heterocycles. The lowest BCUT2D eigenvalue weighted by Gasteiger charge is -2.33. The Labute approximate surface area is 126 Å². The second-order valence-electron chi connectivity index (χ2n) is 5.49. The molecule has 2 rings (SSSR count). The average molecular weight is 313 g/mol. The zero-order valence-electron chi connectivity index (χ0n) is 12.5. The van der Waals surface area contributed by atoms with Gasteiger partial charge in [-0.15, -0.1) is 0 Å². The maximum Gasteiger partial charge on any atom is 0.246 e. The second-order valence-corrected chi connectivity index (χ2v) is 7.49. The van der Waals surface area contributed by atoms with Crippen molar-refractivity contribution in [1.29, 1.82) is 0 Å². The molecule has 1 aliphatic carbocycles. The molecule has 8 heteroatoms. The molecule has 1 aromatic rings. The first-order valence-corrected chi connectivity index (χ1v) is 8.69. The van der Waals surface area contributed by atoms with Gasteiger partial charge in [0.15, 0.2) is 0 Å². The van der Waals surface area contributed by atoms with Gasteiger partial charge < -0.3 is 0 Å². The lowest BCUT2D eigenvalue weighted by Crippen LogP contribution is -2.39. The van der Waals surface area contributed by atoms with E-state index in [9.17, 15) is 8.42 Å². The van der Waals surface area contributed by atoms with E-state index in [0.29, 0.717) is 0 Å². The van der Waals surface area contributed by atoms with Crippen molar-refractivity contribution in [1.82, 2.24) is 14.3 Å². The van der Waals surface area contributed by atoms with Crippen LogP contribution in [0.2, 0.25) is 0 Å². The first kappa shape index (κ1) is 16.1. The van der Waals surface area contributed by atoms with E-state index in [4.69, 9.17) is 5.84 Å². The molecule has 0 aromatic carbocycles. The summed E-state index contributed by atoms with van der Waals surface area (Å²) in [5.74, 6) is 6.10. The topological polar surface area (TPSA) is 101 Å². The highest BCUT2D eigenvalue weighted by Crippen LogP contribution is 2.31. The van der Waals surface area contributed by atoms with Gasteiger partial charge in [0.05, 0.1) is 12.4 Å². The number of nitrogens with two attached hydrogens (primary N) is 1. The van der Waals surface area contributed by atoms with Crippen LogP contribution in [-0.2, 0) is 10.0 Å². The zero-order valence-corrected chi connectivity index (χ0v) is 13.3. The molecule has 3 N–H and O–H groups in total. The summed E-state index contributed by atoms with van der Waals surface area (Å²) in [5.41, 5.74) is 2.28. The van der Waals surface area contributed by atoms with Gasteiger partial charge in [-0.25, -0.2) is 24.2 Å². The van der Waals surface area contributed by atoms with Crippen molar-refractivity contribution < 1.29 is 8.42 Å². The third kappa shape index (κ3) is 3.50. The monoisotopic (exact) mass is 313 g/mol. The van der Waals surface area contributed by atoms with Crippen LogP contribution in [0.25, 0.3) is 0 Å². The fourth-order valence-electron chi connectivity index (χ4n) is 2.80. The van der Waals surface area contributed by atoms with E-state index in [1.165, 1.54) is 23.1 Å². The second kappa shape index (κ2) is 6.67. The Bertz CT molecular complexity index is 552. The molecule has 1 saturated carbocycles. The number of hydrazine groups is 1. The highest BCUT2D eigenvalue weighted by atomic mass is 32.2. The van der Waals surface area contributed by atoms with Gasteiger partial charge in [0, 0.05) is 13.1 Å². The largest absolute Gasteiger partial charge is 0.292 e. The zero-order chi connectivity index (χ0) is 15.5. The summed E-state index contributed by atoms with van der Waals surface area (Å²) < 4.78 is 26.6. The van der Waals surface area contributed by atoms with E-state index >= 15 is 0 Å². The number of hydrogen-bond acceptors (Lipinski definition) is 6. The minimum atomic E-state index is -3.55. The Morgan fingerprint density at radius 2 is 1.86 bits per heavy atom. The average Bonchev–Trinajstić information content (AvgIpc) is 2.54. The molecule has 0 saturated heterocycles. The lowest BCUT2D eigenvalue weighted by molar-refractivity contribution is 0.233. The number of hydrogen-bond donors (Lipinski definition) is 2. The minimum Gasteiger partial charge on any atom is -0.292 e. The van der Waals surface area contributed by atoms with Crippen LogP contribution < -0.4 is 11.3 Å². The van der Waals surface area contributed by atoms with Gasteiger partial charge in [0.1, 0.15) is 4.90 Å². The van der Waals surface area contributed by atoms with Gasteiger partial charge in [0.2, 0.25) is 16.0 Å². The molecule has 0 aliphatic heterocycles. The van der Waals surface area contributed by atoms with Gasteiger partial charge in [-0.2, -0.15) is 4.31 Å². The third-order valence-electron chi connectivity index (χ3n) is 4.34. The van der Waals surface area contributed by atoms with E-state index in [1.54, 1.807) is 7.05 Å². The molecule has 7 nitrogen and oxygen atoms in total. The Hall–Kier alpha value is -1.25. The van der Waals surface area contributed by atoms with E-state index < -0.39 is 10.0 Å². The maximum atomic E-state index is 12.6. The molecule has 21 heavy (non-hydrogen) atoms. The van der Waals surface area contributed by atoms with Crippen LogP contribution in [-0.4, -0.2) is 35.8 Å². The van der Waals surface area contributed by atoms with Crippen LogP contribution >= 0.6 is 0 Å². The first-order chi connectivity index (χ1) is 9.98. The Balaban J connectivity index is 2.11. The van der Waals surface area contributed by atoms with Crippen LogP contribution in [0.3, 0.4) is 0 Å². The molecule has 0 radical (unpaired) electrons. The van der Waals surface area contributed by atoms with Crippen molar-refractivity contribution in [2.45, 2.75) is 50.0 Å². The Morgan fingerprint density at radius 3 is 2.33 bits per heavy atom. The molecule has 1 fully saturated rings. The number of aromatic nitrogens is 2. The quantitative estimate of drug-likeness (QED) is 0.628. The molecular formula is C13H23N5O2S. The first-order valence-electron chi connectivity index (χ1n) is 7.25. The molecule has 1 aliphatic rings. The summed E-state index contributed by atoms with van der Waals surface area (Å²) in [4.78, 5) is 7.83. The smallest absolute Gasteiger partial charge is 0.246 e. The van der Waals surface area contributed by atoms with Crippen molar-refractivity contribution in [2.75, 3.05) is 12.5 Å². The number of nitrogen functional groups attached to an aromatic ring is 1. The molecule has 0 amide bonds. The van der Waals surface area contributed by atoms with E-state index in [2.05, 4.69) is 22.3 Å². The molecule has 118 valence electrons. The minimum absolute atomic E-state index is 0.0603. The van der Waals surface area contributed by atoms with E-state index in [0.717, 1.165) is 31.6 Å². The summed E-state index contributed by atoms with van der Waals surface area (Å²) >= 11 is 0. The summed E-state index contributed by atoms with van der Waals surface area (Å²) in [7, 11) is -1.91. The van der Waals surface area contributed by atoms with Crippen molar-refractivity contribution in [3.63, 3.8) is 0 Å². The normalized spacial score (nSPS) is 23.2. The van der Waals surface area contributed by atoms with E-state index in [-0.39, 0.29) is 16.9 Å². The van der Waals surface area contributed by atoms with E-state index in [1.807, 2.05) is 0 Å². The van der Waals surface area contributed by atoms with Crippen LogP contribution in [0.1, 0.15) is 39.0 Å². The van der Waals surface area contributed by atoms with Gasteiger partial charge in [-0.3, -0.25) is 5.43 Å². The molecule has 0 unspecified atom stereocenters. The van der Waals surface area contributed by atoms with Gasteiger partial charge in [0.25, 0.3) is 0 Å². The van der Waals surface area contributed by atoms with Crippen molar-refractivity contribution >= 4 is 16.0 Å². The Morgan fingerprint density at radius 1 is 1.29 bits per heavy atom. The number of sulfonamides is 1. The predicted octanol–water partition coefficient (Wildman–Crippen LogP) is 1.35. The van der Waals surface area contributed by atoms with Crippen molar-refractivity contribution in [3.05, 3.63) is 12.4 Å². The fraction of sp³-hybridized carbons (Fsp3) is 0.692. The highest BCUT2D eigenvalue weighted by molar-refractivity contribution is 7.89. The van der Waals surface area contributed by atoms with Crippen LogP contribution in [0.15, 0.2) is 17.3 Å². The third-order valence-corrected chi connectivity index (χ3v) is 6.21.